The summed E-state index contributed by atoms with van der Waals surface area (Å²) in [4.78, 5) is 72.8. The molecule has 0 aromatic carbocycles. The molecule has 0 bridgehead atoms. The second kappa shape index (κ2) is 71.4. The van der Waals surface area contributed by atoms with Crippen LogP contribution in [0.2, 0.25) is 0 Å². The fraction of sp³-hybridized carbons (Fsp3) is 0.747. The van der Waals surface area contributed by atoms with Crippen LogP contribution in [0.1, 0.15) is 323 Å². The van der Waals surface area contributed by atoms with Gasteiger partial charge in [-0.05, 0) is 116 Å². The highest BCUT2D eigenvalue weighted by Gasteiger charge is 2.30. The average molecular weight is 1420 g/mol. The van der Waals surface area contributed by atoms with E-state index in [-0.39, 0.29) is 25.7 Å². The summed E-state index contributed by atoms with van der Waals surface area (Å²) in [5.74, 6) is -2.23. The van der Waals surface area contributed by atoms with Gasteiger partial charge in [-0.15, -0.1) is 0 Å². The van der Waals surface area contributed by atoms with Gasteiger partial charge in [0, 0.05) is 25.7 Å². The summed E-state index contributed by atoms with van der Waals surface area (Å²) in [6.45, 7) is 4.57. The van der Waals surface area contributed by atoms with E-state index in [1.54, 1.807) is 0 Å². The van der Waals surface area contributed by atoms with Crippen molar-refractivity contribution in [2.45, 2.75) is 341 Å². The summed E-state index contributed by atoms with van der Waals surface area (Å²) < 4.78 is 68.4. The Morgan fingerprint density at radius 1 is 0.296 bits per heavy atom. The molecule has 0 aliphatic carbocycles. The standard InChI is InChI=1S/C79H138O17P2/c1-5-9-13-17-21-25-29-32-35-36-39-41-45-48-52-56-60-64-77(82)90-70-75(96-79(84)66-62-58-54-50-46-42-38-34-31-27-23-19-15-11-7-3)72-94-98(87,88)92-68-73(80)67-91-97(85,86)93-71-74(95-78(83)65-61-57-53-49-43-28-24-20-16-12-8-4)69-89-76(81)63-59-55-51-47-44-40-37-33-30-26-22-18-14-10-6-2/h9-10,13-14,20-22,24-26,32-33,35,37,44,47,73-75,80H,5-8,11-12,15-19,23,27-31,34,36,38-43,45-46,48-72H2,1-4H3,(H,85,86)(H,87,88)/b13-9-,14-10-,24-20-,25-21-,26-22-,35-32-,37-33-,47-44-. The quantitative estimate of drug-likeness (QED) is 0.0169. The maximum Gasteiger partial charge on any atom is 0.472 e. The van der Waals surface area contributed by atoms with Gasteiger partial charge in [-0.25, -0.2) is 9.13 Å². The molecule has 0 radical (unpaired) electrons. The molecule has 0 saturated carbocycles. The molecule has 5 unspecified atom stereocenters. The van der Waals surface area contributed by atoms with Gasteiger partial charge < -0.3 is 33.8 Å². The Balaban J connectivity index is 5.34. The minimum Gasteiger partial charge on any atom is -0.462 e. The zero-order valence-corrected chi connectivity index (χ0v) is 63.5. The van der Waals surface area contributed by atoms with E-state index in [1.807, 2.05) is 0 Å². The van der Waals surface area contributed by atoms with E-state index in [9.17, 15) is 43.2 Å². The third-order valence-corrected chi connectivity index (χ3v) is 17.9. The van der Waals surface area contributed by atoms with Gasteiger partial charge in [0.15, 0.2) is 12.2 Å². The number of aliphatic hydroxyl groups is 1. The summed E-state index contributed by atoms with van der Waals surface area (Å²) in [6.07, 6.45) is 74.0. The topological polar surface area (TPSA) is 237 Å². The average Bonchev–Trinajstić information content (AvgIpc) is 0.985. The van der Waals surface area contributed by atoms with Crippen LogP contribution in [0, 0.1) is 0 Å². The van der Waals surface area contributed by atoms with Crippen LogP contribution in [-0.4, -0.2) is 96.7 Å². The van der Waals surface area contributed by atoms with E-state index >= 15 is 0 Å². The molecule has 17 nitrogen and oxygen atoms in total. The summed E-state index contributed by atoms with van der Waals surface area (Å²) in [5.41, 5.74) is 0. The number of hydrogen-bond donors (Lipinski definition) is 3. The number of ether oxygens (including phenoxy) is 4. The number of allylic oxidation sites excluding steroid dienone is 16. The van der Waals surface area contributed by atoms with Gasteiger partial charge in [0.05, 0.1) is 26.4 Å². The number of esters is 4. The second-order valence-electron chi connectivity index (χ2n) is 25.5. The first-order valence-electron chi connectivity index (χ1n) is 38.5. The van der Waals surface area contributed by atoms with E-state index in [4.69, 9.17) is 37.0 Å². The zero-order valence-electron chi connectivity index (χ0n) is 61.7. The first-order chi connectivity index (χ1) is 47.7. The van der Waals surface area contributed by atoms with Crippen molar-refractivity contribution in [3.8, 4) is 0 Å². The normalized spacial score (nSPS) is 14.5. The van der Waals surface area contributed by atoms with Gasteiger partial charge in [0.2, 0.25) is 0 Å². The molecule has 566 valence electrons. The van der Waals surface area contributed by atoms with Crippen molar-refractivity contribution in [1.82, 2.24) is 0 Å². The Labute approximate surface area is 595 Å². The van der Waals surface area contributed by atoms with E-state index in [0.717, 1.165) is 167 Å². The third kappa shape index (κ3) is 70.4. The molecule has 0 spiro atoms. The molecule has 0 aromatic rings. The van der Waals surface area contributed by atoms with Crippen LogP contribution in [0.3, 0.4) is 0 Å². The lowest BCUT2D eigenvalue weighted by atomic mass is 10.0. The maximum absolute atomic E-state index is 13.1. The smallest absolute Gasteiger partial charge is 0.462 e. The lowest BCUT2D eigenvalue weighted by Crippen LogP contribution is -2.30. The number of carbonyl (C=O) groups is 4. The summed E-state index contributed by atoms with van der Waals surface area (Å²) in [7, 11) is -9.96. The van der Waals surface area contributed by atoms with Crippen LogP contribution in [-0.2, 0) is 65.4 Å². The van der Waals surface area contributed by atoms with E-state index in [0.29, 0.717) is 25.7 Å². The number of phosphoric acid groups is 2. The highest BCUT2D eigenvalue weighted by Crippen LogP contribution is 2.45. The molecule has 0 amide bonds. The SMILES string of the molecule is CC/C=C\C/C=C\C/C=C\C/C=C\CCCCC(=O)OCC(COP(=O)(O)OCC(O)COP(=O)(O)OCC(COC(=O)CCCCCCCCC/C=C\C/C=C\C/C=C\CC)OC(=O)CCCCCCCCCCCCCCCCC)OC(=O)CCCCCCC/C=C\CCCC. The highest BCUT2D eigenvalue weighted by molar-refractivity contribution is 7.47. The molecule has 0 aliphatic rings. The third-order valence-electron chi connectivity index (χ3n) is 16.0. The molecule has 0 aromatic heterocycles. The van der Waals surface area contributed by atoms with Gasteiger partial charge in [-0.1, -0.05) is 279 Å². The monoisotopic (exact) mass is 1420 g/mol. The van der Waals surface area contributed by atoms with Crippen molar-refractivity contribution in [1.29, 1.82) is 0 Å². The fourth-order valence-electron chi connectivity index (χ4n) is 10.2. The number of hydrogen-bond acceptors (Lipinski definition) is 15. The summed E-state index contributed by atoms with van der Waals surface area (Å²) >= 11 is 0. The molecule has 0 saturated heterocycles. The van der Waals surface area contributed by atoms with Crippen LogP contribution < -0.4 is 0 Å². The molecule has 19 heteroatoms. The van der Waals surface area contributed by atoms with Gasteiger partial charge in [0.25, 0.3) is 0 Å². The van der Waals surface area contributed by atoms with Crippen molar-refractivity contribution in [3.63, 3.8) is 0 Å². The molecular weight excluding hydrogens is 1280 g/mol. The molecular formula is C79H138O17P2. The Hall–Kier alpha value is -4.02. The van der Waals surface area contributed by atoms with E-state index < -0.39 is 97.5 Å². The lowest BCUT2D eigenvalue weighted by Gasteiger charge is -2.21. The number of unbranched alkanes of at least 4 members (excludes halogenated alkanes) is 30. The minimum absolute atomic E-state index is 0.0755. The molecule has 0 aliphatic heterocycles. The second-order valence-corrected chi connectivity index (χ2v) is 28.4. The molecule has 0 heterocycles. The van der Waals surface area contributed by atoms with Crippen molar-refractivity contribution >= 4 is 39.5 Å². The first kappa shape index (κ1) is 94.0. The maximum atomic E-state index is 13.1. The Bertz CT molecular complexity index is 2240. The molecule has 3 N–H and O–H groups in total. The summed E-state index contributed by atoms with van der Waals surface area (Å²) in [6, 6.07) is 0. The Morgan fingerprint density at radius 2 is 0.541 bits per heavy atom. The molecule has 0 fully saturated rings. The van der Waals surface area contributed by atoms with Crippen molar-refractivity contribution in [2.24, 2.45) is 0 Å². The number of aliphatic hydroxyl groups excluding tert-OH is 1. The predicted molar refractivity (Wildman–Crippen MR) is 399 cm³/mol. The van der Waals surface area contributed by atoms with Gasteiger partial charge in [0.1, 0.15) is 19.3 Å². The van der Waals surface area contributed by atoms with E-state index in [2.05, 4.69) is 125 Å². The van der Waals surface area contributed by atoms with Crippen molar-refractivity contribution < 1.29 is 80.2 Å². The fourth-order valence-corrected chi connectivity index (χ4v) is 11.8. The van der Waals surface area contributed by atoms with E-state index in [1.165, 1.54) is 77.0 Å². The number of rotatable bonds is 72. The highest BCUT2D eigenvalue weighted by atomic mass is 31.2. The number of phosphoric ester groups is 2. The Morgan fingerprint density at radius 3 is 0.878 bits per heavy atom. The van der Waals surface area contributed by atoms with Crippen molar-refractivity contribution in [3.05, 3.63) is 97.2 Å². The molecule has 0 rings (SSSR count). The predicted octanol–water partition coefficient (Wildman–Crippen LogP) is 22.0. The van der Waals surface area contributed by atoms with Crippen LogP contribution in [0.15, 0.2) is 97.2 Å². The largest absolute Gasteiger partial charge is 0.472 e. The van der Waals surface area contributed by atoms with Crippen LogP contribution in [0.4, 0.5) is 0 Å². The molecule has 98 heavy (non-hydrogen) atoms. The zero-order chi connectivity index (χ0) is 71.8. The van der Waals surface area contributed by atoms with Crippen molar-refractivity contribution in [2.75, 3.05) is 39.6 Å². The van der Waals surface area contributed by atoms with Crippen LogP contribution in [0.5, 0.6) is 0 Å². The van der Waals surface area contributed by atoms with Gasteiger partial charge in [-0.2, -0.15) is 0 Å². The summed E-state index contributed by atoms with van der Waals surface area (Å²) in [5, 5.41) is 10.6. The molecule has 5 atom stereocenters. The van der Waals surface area contributed by atoms with Gasteiger partial charge in [-0.3, -0.25) is 37.3 Å². The minimum atomic E-state index is -4.98. The van der Waals surface area contributed by atoms with Crippen LogP contribution in [0.25, 0.3) is 0 Å². The number of carbonyl (C=O) groups excluding carboxylic acids is 4. The Kier molecular flexibility index (Phi) is 68.4. The van der Waals surface area contributed by atoms with Gasteiger partial charge >= 0.3 is 39.5 Å². The lowest BCUT2D eigenvalue weighted by molar-refractivity contribution is -0.161. The van der Waals surface area contributed by atoms with Crippen LogP contribution >= 0.6 is 15.6 Å². The first-order valence-corrected chi connectivity index (χ1v) is 41.5.